The molecule has 0 unspecified atom stereocenters. The van der Waals surface area contributed by atoms with E-state index in [0.29, 0.717) is 0 Å². The van der Waals surface area contributed by atoms with Gasteiger partial charge < -0.3 is 18.9 Å². The average molecular weight is 1380 g/mol. The summed E-state index contributed by atoms with van der Waals surface area (Å²) in [4.78, 5) is 5.47. The van der Waals surface area contributed by atoms with Gasteiger partial charge in [-0.05, 0) is 203 Å². The molecule has 0 amide bonds. The first kappa shape index (κ1) is 65.3. The molecule has 0 N–H and O–H groups in total. The van der Waals surface area contributed by atoms with Crippen LogP contribution in [0.4, 0.5) is 34.1 Å². The van der Waals surface area contributed by atoms with Crippen LogP contribution >= 0.6 is 0 Å². The number of rotatable bonds is 10. The Morgan fingerprint density at radius 3 is 0.841 bits per heavy atom. The highest BCUT2D eigenvalue weighted by Gasteiger charge is 2.46. The summed E-state index contributed by atoms with van der Waals surface area (Å²) in [6.45, 7) is 21.1. The summed E-state index contributed by atoms with van der Waals surface area (Å²) in [5.74, 6) is 0. The van der Waals surface area contributed by atoms with Gasteiger partial charge in [-0.2, -0.15) is 0 Å². The first-order valence-electron chi connectivity index (χ1n) is 37.8. The number of anilines is 6. The lowest BCUT2D eigenvalue weighted by Crippen LogP contribution is -2.61. The van der Waals surface area contributed by atoms with Crippen molar-refractivity contribution in [2.24, 2.45) is 0 Å². The molecule has 107 heavy (non-hydrogen) atoms. The van der Waals surface area contributed by atoms with Crippen LogP contribution < -0.4 is 26.2 Å². The number of nitrogens with zero attached hydrogens (tertiary/aromatic N) is 4. The summed E-state index contributed by atoms with van der Waals surface area (Å²) in [7, 11) is 0. The van der Waals surface area contributed by atoms with Crippen molar-refractivity contribution in [2.45, 2.75) is 78.6 Å². The van der Waals surface area contributed by atoms with Crippen LogP contribution in [-0.2, 0) is 16.2 Å². The van der Waals surface area contributed by atoms with Crippen molar-refractivity contribution < 1.29 is 0 Å². The number of benzene rings is 15. The summed E-state index contributed by atoms with van der Waals surface area (Å²) in [6, 6.07) is 129. The molecule has 0 radical (unpaired) electrons. The second kappa shape index (κ2) is 25.1. The molecule has 0 atom stereocenters. The number of hydrogen-bond acceptors (Lipinski definition) is 2. The van der Waals surface area contributed by atoms with Crippen molar-refractivity contribution in [1.29, 1.82) is 0 Å². The van der Waals surface area contributed by atoms with Gasteiger partial charge in [0.15, 0.2) is 0 Å². The predicted molar refractivity (Wildman–Crippen MR) is 458 cm³/mol. The van der Waals surface area contributed by atoms with Crippen molar-refractivity contribution in [3.8, 4) is 78.1 Å². The van der Waals surface area contributed by atoms with Gasteiger partial charge >= 0.3 is 0 Å². The Labute approximate surface area is 628 Å². The minimum atomic E-state index is -0.327. The molecule has 15 aromatic carbocycles. The summed E-state index contributed by atoms with van der Waals surface area (Å²) in [5, 5.41) is 4.89. The maximum Gasteiger partial charge on any atom is 0.252 e. The van der Waals surface area contributed by atoms with E-state index in [2.05, 4.69) is 421 Å². The average Bonchev–Trinajstić information content (AvgIpc) is 1.30. The quantitative estimate of drug-likeness (QED) is 0.127. The Balaban J connectivity index is 0.956. The molecule has 514 valence electrons. The van der Waals surface area contributed by atoms with E-state index >= 15 is 0 Å². The molecule has 2 aromatic heterocycles. The van der Waals surface area contributed by atoms with Crippen molar-refractivity contribution in [2.75, 3.05) is 9.80 Å². The number of hydrogen-bond donors (Lipinski definition) is 0. The van der Waals surface area contributed by atoms with Crippen LogP contribution in [0.1, 0.15) is 79.0 Å². The molecule has 0 bridgehead atoms. The van der Waals surface area contributed by atoms with Gasteiger partial charge in [0.05, 0.1) is 33.4 Å². The molecule has 0 spiro atoms. The lowest BCUT2D eigenvalue weighted by molar-refractivity contribution is 0.590. The summed E-state index contributed by atoms with van der Waals surface area (Å²) >= 11 is 0. The van der Waals surface area contributed by atoms with Crippen LogP contribution in [-0.4, -0.2) is 15.8 Å². The Morgan fingerprint density at radius 1 is 0.224 bits per heavy atom. The normalized spacial score (nSPS) is 12.9. The molecule has 4 heterocycles. The molecule has 0 fully saturated rings. The van der Waals surface area contributed by atoms with Crippen molar-refractivity contribution in [3.05, 3.63) is 356 Å². The molecule has 2 aliphatic heterocycles. The van der Waals surface area contributed by atoms with Crippen molar-refractivity contribution in [3.63, 3.8) is 0 Å². The SMILES string of the molecule is CC(C)(C)c1cc(-c2ccccc2)c(N2c3cc(-c4ccc5c(c4)c4ccccc4n5-c4ccccc4)ccc3B3c4ccc(-c5ccc6c(c5)c5ccccc5n6-c5ccccc5)cc4N(c4c(-c5ccccc5)cc(C(C)(C)C)cc4-c4ccccc4)c4cc(C(C)(C)C)cc2c43)c(-c2ccccc2)c1. The molecule has 0 saturated heterocycles. The number of para-hydroxylation sites is 4. The van der Waals surface area contributed by atoms with E-state index in [1.807, 2.05) is 0 Å². The van der Waals surface area contributed by atoms with Crippen LogP contribution in [0.2, 0.25) is 0 Å². The zero-order valence-electron chi connectivity index (χ0n) is 62.2. The van der Waals surface area contributed by atoms with E-state index in [0.717, 1.165) is 90.0 Å². The molecular formula is C102H83BN4. The monoisotopic (exact) mass is 1370 g/mol. The summed E-state index contributed by atoms with van der Waals surface area (Å²) in [6.07, 6.45) is 0. The standard InChI is InChI=1S/C102H83BN4/c1-100(2,3)74-60-81(66-32-16-10-17-33-66)98(82(61-74)67-34-18-11-19-35-67)106-93-58-72(70-50-54-91-85(56-70)79-44-28-30-46-89(79)104(91)77-40-24-14-25-41-77)48-52-87(93)103-88-53-49-73(71-51-55-92-86(57-71)80-45-29-31-47-90(80)105(92)78-42-26-15-27-43-78)59-94(88)107(96-65-76(102(7,8)9)64-95(106)97(96)103)99-83(68-36-20-12-21-37-68)62-75(101(4,5)6)63-84(99)69-38-22-13-23-39-69/h10-65H,1-9H3. The summed E-state index contributed by atoms with van der Waals surface area (Å²) < 4.78 is 4.84. The minimum Gasteiger partial charge on any atom is -0.310 e. The maximum atomic E-state index is 2.73. The highest BCUT2D eigenvalue weighted by molar-refractivity contribution is 7.00. The first-order valence-corrected chi connectivity index (χ1v) is 37.8. The van der Waals surface area contributed by atoms with Gasteiger partial charge in [0.2, 0.25) is 0 Å². The van der Waals surface area contributed by atoms with E-state index in [1.165, 1.54) is 98.9 Å². The molecule has 5 heteroatoms. The van der Waals surface area contributed by atoms with E-state index < -0.39 is 0 Å². The molecular weight excluding hydrogens is 1290 g/mol. The van der Waals surface area contributed by atoms with Crippen molar-refractivity contribution in [1.82, 2.24) is 9.13 Å². The van der Waals surface area contributed by atoms with Gasteiger partial charge in [0, 0.05) is 77.9 Å². The molecule has 2 aliphatic rings. The Bertz CT molecular complexity index is 5850. The zero-order valence-corrected chi connectivity index (χ0v) is 62.2. The van der Waals surface area contributed by atoms with Gasteiger partial charge in [0.25, 0.3) is 6.71 Å². The van der Waals surface area contributed by atoms with E-state index in [1.54, 1.807) is 0 Å². The number of aromatic nitrogens is 2. The molecule has 19 rings (SSSR count). The third-order valence-electron chi connectivity index (χ3n) is 22.7. The Hall–Kier alpha value is -12.4. The topological polar surface area (TPSA) is 16.3 Å². The fourth-order valence-electron chi connectivity index (χ4n) is 17.2. The van der Waals surface area contributed by atoms with Gasteiger partial charge in [-0.25, -0.2) is 0 Å². The molecule has 17 aromatic rings. The van der Waals surface area contributed by atoms with Crippen LogP contribution in [0.25, 0.3) is 122 Å². The fourth-order valence-corrected chi connectivity index (χ4v) is 17.2. The molecule has 4 nitrogen and oxygen atoms in total. The smallest absolute Gasteiger partial charge is 0.252 e. The zero-order chi connectivity index (χ0) is 72.6. The first-order chi connectivity index (χ1) is 52.0. The molecule has 0 aliphatic carbocycles. The largest absolute Gasteiger partial charge is 0.310 e. The second-order valence-electron chi connectivity index (χ2n) is 32.5. The van der Waals surface area contributed by atoms with Gasteiger partial charge in [-0.3, -0.25) is 0 Å². The Morgan fingerprint density at radius 2 is 0.505 bits per heavy atom. The van der Waals surface area contributed by atoms with Crippen LogP contribution in [0.15, 0.2) is 340 Å². The molecule has 0 saturated carbocycles. The highest BCUT2D eigenvalue weighted by atomic mass is 15.2. The van der Waals surface area contributed by atoms with Gasteiger partial charge in [-0.1, -0.05) is 293 Å². The van der Waals surface area contributed by atoms with Crippen LogP contribution in [0.3, 0.4) is 0 Å². The lowest BCUT2D eigenvalue weighted by Gasteiger charge is -2.47. The second-order valence-corrected chi connectivity index (χ2v) is 32.5. The van der Waals surface area contributed by atoms with Gasteiger partial charge in [0.1, 0.15) is 0 Å². The predicted octanol–water partition coefficient (Wildman–Crippen LogP) is 25.9. The van der Waals surface area contributed by atoms with E-state index in [-0.39, 0.29) is 23.0 Å². The van der Waals surface area contributed by atoms with Crippen LogP contribution in [0.5, 0.6) is 0 Å². The highest BCUT2D eigenvalue weighted by Crippen LogP contribution is 2.56. The lowest BCUT2D eigenvalue weighted by atomic mass is 9.33. The van der Waals surface area contributed by atoms with E-state index in [9.17, 15) is 0 Å². The van der Waals surface area contributed by atoms with Gasteiger partial charge in [-0.15, -0.1) is 0 Å². The Kier molecular flexibility index (Phi) is 15.4. The van der Waals surface area contributed by atoms with Crippen molar-refractivity contribution >= 4 is 101 Å². The summed E-state index contributed by atoms with van der Waals surface area (Å²) in [5.41, 5.74) is 34.7. The van der Waals surface area contributed by atoms with Crippen LogP contribution in [0, 0.1) is 0 Å². The van der Waals surface area contributed by atoms with E-state index in [4.69, 9.17) is 0 Å². The maximum absolute atomic E-state index is 2.73. The third-order valence-corrected chi connectivity index (χ3v) is 22.7. The number of fused-ring (bicyclic) bond motifs is 10. The fraction of sp³-hybridized carbons (Fsp3) is 0.118. The third kappa shape index (κ3) is 11.0. The minimum absolute atomic E-state index is 0.192.